The van der Waals surface area contributed by atoms with Gasteiger partial charge in [0.25, 0.3) is 0 Å². The molecule has 1 aromatic rings. The Labute approximate surface area is 114 Å². The molecule has 1 aromatic heterocycles. The van der Waals surface area contributed by atoms with E-state index < -0.39 is 10.0 Å². The number of piperidine rings is 1. The van der Waals surface area contributed by atoms with Crippen molar-refractivity contribution >= 4 is 10.0 Å². The molecule has 0 aliphatic carbocycles. The molecule has 0 saturated carbocycles. The second-order valence-corrected chi connectivity index (χ2v) is 7.14. The van der Waals surface area contributed by atoms with Gasteiger partial charge in [-0.1, -0.05) is 6.92 Å². The van der Waals surface area contributed by atoms with Crippen LogP contribution in [0.15, 0.2) is 17.2 Å². The van der Waals surface area contributed by atoms with Crippen LogP contribution in [0.5, 0.6) is 0 Å². The predicted molar refractivity (Wildman–Crippen MR) is 73.2 cm³/mol. The van der Waals surface area contributed by atoms with Crippen molar-refractivity contribution in [3.8, 4) is 0 Å². The number of aliphatic hydroxyl groups excluding tert-OH is 1. The first-order chi connectivity index (χ1) is 8.98. The summed E-state index contributed by atoms with van der Waals surface area (Å²) in [6.07, 6.45) is 3.46. The van der Waals surface area contributed by atoms with Crippen LogP contribution in [0.4, 0.5) is 0 Å². The lowest BCUT2D eigenvalue weighted by molar-refractivity contribution is 0.271. The molecule has 2 heterocycles. The van der Waals surface area contributed by atoms with Gasteiger partial charge in [0.05, 0.1) is 6.61 Å². The molecule has 1 N–H and O–H groups in total. The van der Waals surface area contributed by atoms with Crippen LogP contribution in [0.25, 0.3) is 0 Å². The molecule has 1 fully saturated rings. The third kappa shape index (κ3) is 2.85. The van der Waals surface area contributed by atoms with E-state index in [1.54, 1.807) is 21.1 Å². The highest BCUT2D eigenvalue weighted by Gasteiger charge is 2.29. The Bertz CT molecular complexity index is 507. The molecule has 1 aliphatic heterocycles. The fourth-order valence-corrected chi connectivity index (χ4v) is 4.00. The average molecular weight is 286 g/mol. The number of rotatable bonds is 4. The zero-order valence-corrected chi connectivity index (χ0v) is 12.4. The lowest BCUT2D eigenvalue weighted by Crippen LogP contribution is -2.37. The quantitative estimate of drug-likeness (QED) is 0.910. The van der Waals surface area contributed by atoms with E-state index >= 15 is 0 Å². The Morgan fingerprint density at radius 3 is 2.47 bits per heavy atom. The SMILES string of the molecule is CCn1cc(S(=O)(=O)N2CCC(C)CC2)cc1CO. The maximum Gasteiger partial charge on any atom is 0.244 e. The van der Waals surface area contributed by atoms with Crippen molar-refractivity contribution in [2.75, 3.05) is 13.1 Å². The van der Waals surface area contributed by atoms with Crippen LogP contribution in [-0.2, 0) is 23.2 Å². The molecule has 6 heteroatoms. The third-order valence-corrected chi connectivity index (χ3v) is 5.71. The van der Waals surface area contributed by atoms with Gasteiger partial charge in [0.15, 0.2) is 0 Å². The van der Waals surface area contributed by atoms with Gasteiger partial charge in [0.1, 0.15) is 4.90 Å². The van der Waals surface area contributed by atoms with Gasteiger partial charge in [0.2, 0.25) is 10.0 Å². The number of sulfonamides is 1. The monoisotopic (exact) mass is 286 g/mol. The van der Waals surface area contributed by atoms with E-state index in [-0.39, 0.29) is 6.61 Å². The van der Waals surface area contributed by atoms with Gasteiger partial charge >= 0.3 is 0 Å². The van der Waals surface area contributed by atoms with E-state index in [2.05, 4.69) is 6.92 Å². The first-order valence-electron chi connectivity index (χ1n) is 6.79. The van der Waals surface area contributed by atoms with Crippen molar-refractivity contribution in [3.05, 3.63) is 18.0 Å². The van der Waals surface area contributed by atoms with Crippen molar-refractivity contribution in [1.29, 1.82) is 0 Å². The summed E-state index contributed by atoms with van der Waals surface area (Å²) in [7, 11) is -3.41. The Morgan fingerprint density at radius 2 is 2.00 bits per heavy atom. The van der Waals surface area contributed by atoms with Crippen molar-refractivity contribution in [1.82, 2.24) is 8.87 Å². The topological polar surface area (TPSA) is 62.5 Å². The normalized spacial score (nSPS) is 18.9. The van der Waals surface area contributed by atoms with E-state index in [4.69, 9.17) is 0 Å². The number of aryl methyl sites for hydroxylation is 1. The predicted octanol–water partition coefficient (Wildman–Crippen LogP) is 1.42. The van der Waals surface area contributed by atoms with Crippen LogP contribution >= 0.6 is 0 Å². The fraction of sp³-hybridized carbons (Fsp3) is 0.692. The van der Waals surface area contributed by atoms with Gasteiger partial charge in [-0.15, -0.1) is 0 Å². The number of hydrogen-bond acceptors (Lipinski definition) is 3. The molecule has 0 radical (unpaired) electrons. The second-order valence-electron chi connectivity index (χ2n) is 5.20. The Kier molecular flexibility index (Phi) is 4.32. The average Bonchev–Trinajstić information content (AvgIpc) is 2.83. The van der Waals surface area contributed by atoms with Crippen LogP contribution in [0, 0.1) is 5.92 Å². The van der Waals surface area contributed by atoms with Crippen LogP contribution in [0.1, 0.15) is 32.4 Å². The van der Waals surface area contributed by atoms with Crippen LogP contribution in [0.2, 0.25) is 0 Å². The van der Waals surface area contributed by atoms with Gasteiger partial charge in [-0.3, -0.25) is 0 Å². The zero-order chi connectivity index (χ0) is 14.0. The standard InChI is InChI=1S/C13H22N2O3S/c1-3-14-9-13(8-12(14)10-16)19(17,18)15-6-4-11(2)5-7-15/h8-9,11,16H,3-7,10H2,1-2H3. The minimum absolute atomic E-state index is 0.138. The van der Waals surface area contributed by atoms with Gasteiger partial charge in [-0.05, 0) is 31.7 Å². The van der Waals surface area contributed by atoms with Crippen LogP contribution in [-0.4, -0.2) is 35.5 Å². The minimum atomic E-state index is -3.41. The van der Waals surface area contributed by atoms with Crippen molar-refractivity contribution in [3.63, 3.8) is 0 Å². The Balaban J connectivity index is 2.26. The number of aliphatic hydroxyl groups is 1. The maximum atomic E-state index is 12.5. The number of hydrogen-bond donors (Lipinski definition) is 1. The summed E-state index contributed by atoms with van der Waals surface area (Å²) < 4.78 is 28.4. The molecule has 0 spiro atoms. The van der Waals surface area contributed by atoms with E-state index in [0.29, 0.717) is 36.1 Å². The molecular formula is C13H22N2O3S. The molecule has 0 unspecified atom stereocenters. The fourth-order valence-electron chi connectivity index (χ4n) is 2.47. The highest BCUT2D eigenvalue weighted by atomic mass is 32.2. The number of nitrogens with zero attached hydrogens (tertiary/aromatic N) is 2. The zero-order valence-electron chi connectivity index (χ0n) is 11.5. The largest absolute Gasteiger partial charge is 0.390 e. The Morgan fingerprint density at radius 1 is 1.37 bits per heavy atom. The highest BCUT2D eigenvalue weighted by molar-refractivity contribution is 7.89. The number of aromatic nitrogens is 1. The van der Waals surface area contributed by atoms with Crippen molar-refractivity contribution in [2.45, 2.75) is 44.7 Å². The molecule has 2 rings (SSSR count). The third-order valence-electron chi connectivity index (χ3n) is 3.84. The summed E-state index contributed by atoms with van der Waals surface area (Å²) in [4.78, 5) is 0.299. The summed E-state index contributed by atoms with van der Waals surface area (Å²) in [6, 6.07) is 1.58. The molecule has 0 atom stereocenters. The minimum Gasteiger partial charge on any atom is -0.390 e. The van der Waals surface area contributed by atoms with Gasteiger partial charge in [0, 0.05) is 31.5 Å². The van der Waals surface area contributed by atoms with Crippen molar-refractivity contribution < 1.29 is 13.5 Å². The molecule has 108 valence electrons. The molecule has 0 aromatic carbocycles. The molecule has 19 heavy (non-hydrogen) atoms. The first kappa shape index (κ1) is 14.6. The lowest BCUT2D eigenvalue weighted by Gasteiger charge is -2.29. The second kappa shape index (κ2) is 5.64. The summed E-state index contributed by atoms with van der Waals surface area (Å²) in [6.45, 7) is 5.78. The smallest absolute Gasteiger partial charge is 0.244 e. The highest BCUT2D eigenvalue weighted by Crippen LogP contribution is 2.24. The van der Waals surface area contributed by atoms with Crippen molar-refractivity contribution in [2.24, 2.45) is 5.92 Å². The molecule has 1 aliphatic rings. The van der Waals surface area contributed by atoms with Gasteiger partial charge in [-0.25, -0.2) is 8.42 Å². The molecule has 0 amide bonds. The van der Waals surface area contributed by atoms with Gasteiger partial charge < -0.3 is 9.67 Å². The van der Waals surface area contributed by atoms with E-state index in [9.17, 15) is 13.5 Å². The van der Waals surface area contributed by atoms with Crippen LogP contribution < -0.4 is 0 Å². The molecule has 0 bridgehead atoms. The summed E-state index contributed by atoms with van der Waals surface area (Å²) in [5.74, 6) is 0.597. The van der Waals surface area contributed by atoms with Crippen LogP contribution in [0.3, 0.4) is 0 Å². The molecule has 5 nitrogen and oxygen atoms in total. The maximum absolute atomic E-state index is 12.5. The van der Waals surface area contributed by atoms with E-state index in [0.717, 1.165) is 12.8 Å². The molecule has 1 saturated heterocycles. The summed E-state index contributed by atoms with van der Waals surface area (Å²) >= 11 is 0. The van der Waals surface area contributed by atoms with E-state index in [1.165, 1.54) is 0 Å². The molecular weight excluding hydrogens is 264 g/mol. The van der Waals surface area contributed by atoms with Gasteiger partial charge in [-0.2, -0.15) is 4.31 Å². The summed E-state index contributed by atoms with van der Waals surface area (Å²) in [5, 5.41) is 9.24. The lowest BCUT2D eigenvalue weighted by atomic mass is 10.0. The first-order valence-corrected chi connectivity index (χ1v) is 8.23. The van der Waals surface area contributed by atoms with E-state index in [1.807, 2.05) is 6.92 Å². The Hall–Kier alpha value is -0.850. The summed E-state index contributed by atoms with van der Waals surface area (Å²) in [5.41, 5.74) is 0.645.